The van der Waals surface area contributed by atoms with Crippen molar-refractivity contribution in [3.8, 4) is 0 Å². The van der Waals surface area contributed by atoms with Gasteiger partial charge in [0.15, 0.2) is 0 Å². The van der Waals surface area contributed by atoms with Gasteiger partial charge in [0.25, 0.3) is 0 Å². The lowest BCUT2D eigenvalue weighted by Crippen LogP contribution is -2.18. The van der Waals surface area contributed by atoms with E-state index in [1.807, 2.05) is 66.9 Å². The van der Waals surface area contributed by atoms with Crippen molar-refractivity contribution in [3.05, 3.63) is 96.1 Å². The van der Waals surface area contributed by atoms with Gasteiger partial charge in [-0.1, -0.05) is 102 Å². The van der Waals surface area contributed by atoms with E-state index in [2.05, 4.69) is 43.7 Å². The third kappa shape index (κ3) is 11.9. The second-order valence-electron chi connectivity index (χ2n) is 9.00. The summed E-state index contributed by atoms with van der Waals surface area (Å²) in [6.07, 6.45) is 12.9. The first-order valence-electron chi connectivity index (χ1n) is 13.6. The second-order valence-corrected chi connectivity index (χ2v) is 9.00. The van der Waals surface area contributed by atoms with Gasteiger partial charge in [-0.3, -0.25) is 9.97 Å². The van der Waals surface area contributed by atoms with Crippen LogP contribution in [0.15, 0.2) is 79.1 Å². The van der Waals surface area contributed by atoms with Crippen LogP contribution in [0.25, 0.3) is 0 Å². The molecule has 1 saturated carbocycles. The van der Waals surface area contributed by atoms with Crippen molar-refractivity contribution in [1.82, 2.24) is 9.97 Å². The van der Waals surface area contributed by atoms with Gasteiger partial charge in [0.1, 0.15) is 12.2 Å². The van der Waals surface area contributed by atoms with E-state index in [0.717, 1.165) is 17.0 Å². The number of ether oxygens (including phenoxy) is 2. The van der Waals surface area contributed by atoms with Gasteiger partial charge in [-0.05, 0) is 48.6 Å². The molecule has 4 rings (SSSR count). The second kappa shape index (κ2) is 20.6. The lowest BCUT2D eigenvalue weighted by atomic mass is 9.84. The van der Waals surface area contributed by atoms with Crippen LogP contribution in [0.3, 0.4) is 0 Å². The number of nitrogens with zero attached hydrogens (tertiary/aromatic N) is 2. The highest BCUT2D eigenvalue weighted by Gasteiger charge is 2.25. The zero-order valence-corrected chi connectivity index (χ0v) is 23.4. The molecule has 3 aromatic rings. The van der Waals surface area contributed by atoms with Crippen LogP contribution in [-0.2, 0) is 9.47 Å². The Kier molecular flexibility index (Phi) is 18.0. The summed E-state index contributed by atoms with van der Waals surface area (Å²) in [5.41, 5.74) is 3.15. The molecule has 0 bridgehead atoms. The third-order valence-electron chi connectivity index (χ3n) is 5.61. The Labute approximate surface area is 220 Å². The van der Waals surface area contributed by atoms with Crippen molar-refractivity contribution in [2.75, 3.05) is 14.2 Å². The molecule has 2 unspecified atom stereocenters. The van der Waals surface area contributed by atoms with Crippen LogP contribution < -0.4 is 0 Å². The van der Waals surface area contributed by atoms with Gasteiger partial charge in [-0.2, -0.15) is 0 Å². The molecule has 2 heterocycles. The number of pyridine rings is 2. The summed E-state index contributed by atoms with van der Waals surface area (Å²) < 4.78 is 11.1. The third-order valence-corrected chi connectivity index (χ3v) is 5.61. The number of aromatic nitrogens is 2. The minimum atomic E-state index is -0.0765. The molecule has 0 N–H and O–H groups in total. The molecule has 0 aliphatic heterocycles. The monoisotopic (exact) mass is 492 g/mol. The number of benzene rings is 1. The number of rotatable bonds is 6. The van der Waals surface area contributed by atoms with E-state index in [1.54, 1.807) is 20.4 Å². The molecule has 1 aliphatic rings. The fourth-order valence-electron chi connectivity index (χ4n) is 4.12. The van der Waals surface area contributed by atoms with Gasteiger partial charge in [0.2, 0.25) is 0 Å². The van der Waals surface area contributed by atoms with E-state index in [4.69, 9.17) is 9.47 Å². The molecule has 4 heteroatoms. The molecule has 2 aromatic heterocycles. The Morgan fingerprint density at radius 2 is 1.17 bits per heavy atom. The van der Waals surface area contributed by atoms with E-state index in [9.17, 15) is 0 Å². The van der Waals surface area contributed by atoms with Gasteiger partial charge in [0, 0.05) is 26.6 Å². The smallest absolute Gasteiger partial charge is 0.124 e. The average molecular weight is 493 g/mol. The van der Waals surface area contributed by atoms with Crippen LogP contribution in [0.1, 0.15) is 102 Å². The minimum Gasteiger partial charge on any atom is -0.375 e. The summed E-state index contributed by atoms with van der Waals surface area (Å²) >= 11 is 0. The van der Waals surface area contributed by atoms with Crippen molar-refractivity contribution in [2.45, 2.75) is 84.8 Å². The van der Waals surface area contributed by atoms with E-state index < -0.39 is 0 Å². The van der Waals surface area contributed by atoms with Crippen molar-refractivity contribution < 1.29 is 9.47 Å². The fourth-order valence-corrected chi connectivity index (χ4v) is 4.12. The quantitative estimate of drug-likeness (QED) is 0.344. The molecule has 1 aromatic carbocycles. The largest absolute Gasteiger partial charge is 0.375 e. The molecule has 2 atom stereocenters. The normalized spacial score (nSPS) is 14.5. The van der Waals surface area contributed by atoms with Gasteiger partial charge in [-0.15, -0.1) is 0 Å². The molecular weight excluding hydrogens is 444 g/mol. The Bertz CT molecular complexity index is 812. The Balaban J connectivity index is 0.000000296. The minimum absolute atomic E-state index is 0.0765. The number of methoxy groups -OCH3 is 2. The molecule has 0 radical (unpaired) electrons. The van der Waals surface area contributed by atoms with E-state index >= 15 is 0 Å². The van der Waals surface area contributed by atoms with Crippen molar-refractivity contribution in [1.29, 1.82) is 0 Å². The van der Waals surface area contributed by atoms with Gasteiger partial charge < -0.3 is 9.47 Å². The lowest BCUT2D eigenvalue weighted by molar-refractivity contribution is 0.0323. The van der Waals surface area contributed by atoms with Crippen LogP contribution in [0.4, 0.5) is 0 Å². The molecule has 0 spiro atoms. The number of hydrogen-bond acceptors (Lipinski definition) is 4. The van der Waals surface area contributed by atoms with Crippen molar-refractivity contribution in [2.24, 2.45) is 5.92 Å². The van der Waals surface area contributed by atoms with Crippen LogP contribution in [0, 0.1) is 5.92 Å². The maximum atomic E-state index is 5.61. The summed E-state index contributed by atoms with van der Waals surface area (Å²) in [6.45, 7) is 8.50. The molecule has 1 fully saturated rings. The van der Waals surface area contributed by atoms with Crippen molar-refractivity contribution in [3.63, 3.8) is 0 Å². The van der Waals surface area contributed by atoms with Crippen LogP contribution in [0.5, 0.6) is 0 Å². The lowest BCUT2D eigenvalue weighted by Gasteiger charge is -2.28. The summed E-state index contributed by atoms with van der Waals surface area (Å²) in [5, 5.41) is 0. The highest BCUT2D eigenvalue weighted by molar-refractivity contribution is 5.25. The molecule has 0 saturated heterocycles. The summed E-state index contributed by atoms with van der Waals surface area (Å²) in [7, 11) is 3.50. The van der Waals surface area contributed by atoms with Crippen LogP contribution >= 0.6 is 0 Å². The predicted molar refractivity (Wildman–Crippen MR) is 152 cm³/mol. The Hall–Kier alpha value is -2.56. The standard InChI is InChI=1S/C13H19NO.C13H13NO.2C3H8/c2*1-15-13(11-7-3-2-4-8-11)12-9-5-6-10-14-12;2*1-3-2/h5-6,9-11,13H,2-4,7-8H2,1H3;2-10,13H,1H3;2*3H2,1-2H3. The van der Waals surface area contributed by atoms with E-state index in [0.29, 0.717) is 5.92 Å². The zero-order chi connectivity index (χ0) is 26.4. The average Bonchev–Trinajstić information content (AvgIpc) is 2.93. The Morgan fingerprint density at radius 1 is 0.667 bits per heavy atom. The Morgan fingerprint density at radius 3 is 1.61 bits per heavy atom. The first kappa shape index (κ1) is 31.5. The maximum Gasteiger partial charge on any atom is 0.124 e. The maximum absolute atomic E-state index is 5.61. The summed E-state index contributed by atoms with van der Waals surface area (Å²) in [4.78, 5) is 8.70. The molecular formula is C32H48N2O2. The fraction of sp³-hybridized carbons (Fsp3) is 0.500. The van der Waals surface area contributed by atoms with E-state index in [1.165, 1.54) is 44.9 Å². The van der Waals surface area contributed by atoms with Crippen LogP contribution in [0.2, 0.25) is 0 Å². The van der Waals surface area contributed by atoms with Gasteiger partial charge >= 0.3 is 0 Å². The van der Waals surface area contributed by atoms with E-state index in [-0.39, 0.29) is 12.2 Å². The highest BCUT2D eigenvalue weighted by atomic mass is 16.5. The molecule has 4 nitrogen and oxygen atoms in total. The number of hydrogen-bond donors (Lipinski definition) is 0. The summed E-state index contributed by atoms with van der Waals surface area (Å²) in [6, 6.07) is 22.0. The molecule has 1 aliphatic carbocycles. The van der Waals surface area contributed by atoms with Gasteiger partial charge in [0.05, 0.1) is 11.4 Å². The molecule has 36 heavy (non-hydrogen) atoms. The molecule has 198 valence electrons. The topological polar surface area (TPSA) is 44.2 Å². The van der Waals surface area contributed by atoms with Crippen LogP contribution in [-0.4, -0.2) is 24.2 Å². The first-order valence-corrected chi connectivity index (χ1v) is 13.6. The zero-order valence-electron chi connectivity index (χ0n) is 23.4. The highest BCUT2D eigenvalue weighted by Crippen LogP contribution is 2.35. The summed E-state index contributed by atoms with van der Waals surface area (Å²) in [5.74, 6) is 0.665. The molecule has 0 amide bonds. The predicted octanol–water partition coefficient (Wildman–Crippen LogP) is 9.00. The van der Waals surface area contributed by atoms with Crippen molar-refractivity contribution >= 4 is 0 Å². The SMILES string of the molecule is CCC.CCC.COC(c1ccccc1)c1ccccn1.COC(c1ccccn1)C1CCCCC1. The first-order chi connectivity index (χ1) is 17.7. The van der Waals surface area contributed by atoms with Gasteiger partial charge in [-0.25, -0.2) is 0 Å².